The maximum Gasteiger partial charge on any atom is 0.198 e. The Morgan fingerprint density at radius 2 is 1.36 bits per heavy atom. The number of fused-ring (bicyclic) bond motifs is 2. The molecule has 3 aromatic carbocycles. The number of carbonyl (C=O) groups is 2. The highest BCUT2D eigenvalue weighted by Gasteiger charge is 2.38. The minimum Gasteiger partial charge on any atom is -0.455 e. The molecule has 0 amide bonds. The van der Waals surface area contributed by atoms with Gasteiger partial charge in [0.15, 0.2) is 17.3 Å². The molecular weight excluding hydrogens is 520 g/mol. The largest absolute Gasteiger partial charge is 0.455 e. The summed E-state index contributed by atoms with van der Waals surface area (Å²) in [6.45, 7) is 2.21. The number of nitrogens with two attached hydrogens (primary N) is 4. The first-order valence-corrected chi connectivity index (χ1v) is 13.0. The SMILES string of the molecule is CCCCCCCCc1cccc(Oc2cc(N)c3c(c2N)C(=O)c2c(N)cc(Br)c(N)c2C3=O)c1. The number of nitrogen functional groups attached to an aromatic ring is 4. The van der Waals surface area contributed by atoms with Gasteiger partial charge in [-0.3, -0.25) is 9.59 Å². The zero-order valence-electron chi connectivity index (χ0n) is 20.3. The van der Waals surface area contributed by atoms with Gasteiger partial charge in [-0.05, 0) is 52.5 Å². The van der Waals surface area contributed by atoms with E-state index in [9.17, 15) is 9.59 Å². The molecule has 188 valence electrons. The van der Waals surface area contributed by atoms with Crippen LogP contribution in [-0.4, -0.2) is 11.6 Å². The average molecular weight is 551 g/mol. The molecule has 8 N–H and O–H groups in total. The lowest BCUT2D eigenvalue weighted by Crippen LogP contribution is -2.26. The number of ether oxygens (including phenoxy) is 1. The molecule has 0 unspecified atom stereocenters. The van der Waals surface area contributed by atoms with E-state index in [4.69, 9.17) is 27.7 Å². The number of carbonyl (C=O) groups excluding carboxylic acids is 2. The lowest BCUT2D eigenvalue weighted by atomic mass is 9.80. The van der Waals surface area contributed by atoms with Crippen LogP contribution in [0.15, 0.2) is 40.9 Å². The lowest BCUT2D eigenvalue weighted by molar-refractivity contribution is 0.0981. The number of anilines is 4. The highest BCUT2D eigenvalue weighted by Crippen LogP contribution is 2.45. The van der Waals surface area contributed by atoms with Gasteiger partial charge in [0.25, 0.3) is 0 Å². The summed E-state index contributed by atoms with van der Waals surface area (Å²) in [5.41, 5.74) is 26.4. The zero-order chi connectivity index (χ0) is 26.0. The highest BCUT2D eigenvalue weighted by atomic mass is 79.9. The van der Waals surface area contributed by atoms with Crippen molar-refractivity contribution in [3.8, 4) is 11.5 Å². The molecule has 0 aliphatic heterocycles. The van der Waals surface area contributed by atoms with Crippen LogP contribution >= 0.6 is 15.9 Å². The fourth-order valence-electron chi connectivity index (χ4n) is 4.67. The normalized spacial score (nSPS) is 12.4. The van der Waals surface area contributed by atoms with Gasteiger partial charge in [-0.1, -0.05) is 51.2 Å². The molecule has 0 aromatic heterocycles. The van der Waals surface area contributed by atoms with Crippen molar-refractivity contribution in [3.05, 3.63) is 68.7 Å². The molecule has 8 heteroatoms. The maximum absolute atomic E-state index is 13.5. The molecule has 4 rings (SSSR count). The quantitative estimate of drug-likeness (QED) is 0.142. The van der Waals surface area contributed by atoms with E-state index in [0.717, 1.165) is 18.4 Å². The highest BCUT2D eigenvalue weighted by molar-refractivity contribution is 9.10. The second-order valence-corrected chi connectivity index (χ2v) is 10.0. The number of ketones is 2. The molecule has 0 atom stereocenters. The summed E-state index contributed by atoms with van der Waals surface area (Å²) < 4.78 is 6.50. The fraction of sp³-hybridized carbons (Fsp3) is 0.286. The Hall–Kier alpha value is -3.52. The van der Waals surface area contributed by atoms with E-state index in [0.29, 0.717) is 10.2 Å². The van der Waals surface area contributed by atoms with Crippen molar-refractivity contribution in [2.45, 2.75) is 51.9 Å². The Labute approximate surface area is 219 Å². The summed E-state index contributed by atoms with van der Waals surface area (Å²) in [5, 5.41) is 0. The predicted octanol–water partition coefficient (Wildman–Crippen LogP) is 6.25. The number of benzene rings is 3. The molecule has 0 bridgehead atoms. The van der Waals surface area contributed by atoms with E-state index in [1.54, 1.807) is 0 Å². The maximum atomic E-state index is 13.5. The second-order valence-electron chi connectivity index (χ2n) is 9.16. The Balaban J connectivity index is 1.62. The van der Waals surface area contributed by atoms with Crippen molar-refractivity contribution in [2.24, 2.45) is 0 Å². The number of unbranched alkanes of at least 4 members (excludes halogenated alkanes) is 5. The van der Waals surface area contributed by atoms with Crippen molar-refractivity contribution >= 4 is 50.2 Å². The van der Waals surface area contributed by atoms with Crippen molar-refractivity contribution in [3.63, 3.8) is 0 Å². The van der Waals surface area contributed by atoms with Crippen molar-refractivity contribution in [1.82, 2.24) is 0 Å². The van der Waals surface area contributed by atoms with Crippen LogP contribution in [0.4, 0.5) is 22.7 Å². The topological polar surface area (TPSA) is 147 Å². The summed E-state index contributed by atoms with van der Waals surface area (Å²) in [5.74, 6) is -0.229. The first-order valence-electron chi connectivity index (χ1n) is 12.2. The first-order chi connectivity index (χ1) is 17.2. The number of hydrogen-bond acceptors (Lipinski definition) is 7. The first kappa shape index (κ1) is 25.6. The molecule has 0 heterocycles. The molecule has 0 saturated carbocycles. The second kappa shape index (κ2) is 10.6. The number of aryl methyl sites for hydroxylation is 1. The van der Waals surface area contributed by atoms with E-state index >= 15 is 0 Å². The molecule has 0 fully saturated rings. The van der Waals surface area contributed by atoms with Gasteiger partial charge >= 0.3 is 0 Å². The van der Waals surface area contributed by atoms with Gasteiger partial charge in [0.1, 0.15) is 5.75 Å². The summed E-state index contributed by atoms with van der Waals surface area (Å²) in [6.07, 6.45) is 8.30. The molecular formula is C28H31BrN4O3. The Bertz CT molecular complexity index is 1350. The standard InChI is InChI=1S/C28H31BrN4O3/c1-2-3-4-5-6-7-9-15-10-8-11-16(12-15)36-20-14-19(31)22-24(26(20)33)28(35)21-18(30)13-17(29)25(32)23(21)27(22)34/h8,10-14H,2-7,9,30-33H2,1H3. The molecule has 0 radical (unpaired) electrons. The molecule has 36 heavy (non-hydrogen) atoms. The van der Waals surface area contributed by atoms with E-state index in [1.807, 2.05) is 18.2 Å². The van der Waals surface area contributed by atoms with Gasteiger partial charge in [0.2, 0.25) is 0 Å². The third-order valence-electron chi connectivity index (χ3n) is 6.56. The Kier molecular flexibility index (Phi) is 7.54. The molecule has 0 saturated heterocycles. The fourth-order valence-corrected chi connectivity index (χ4v) is 5.12. The van der Waals surface area contributed by atoms with Crippen LogP contribution in [0.1, 0.15) is 82.9 Å². The van der Waals surface area contributed by atoms with E-state index in [-0.39, 0.29) is 50.8 Å². The van der Waals surface area contributed by atoms with Crippen molar-refractivity contribution in [2.75, 3.05) is 22.9 Å². The van der Waals surface area contributed by atoms with Gasteiger partial charge in [-0.2, -0.15) is 0 Å². The summed E-state index contributed by atoms with van der Waals surface area (Å²) in [7, 11) is 0. The van der Waals surface area contributed by atoms with Crippen LogP contribution in [0.5, 0.6) is 11.5 Å². The summed E-state index contributed by atoms with van der Waals surface area (Å²) >= 11 is 3.28. The molecule has 0 spiro atoms. The van der Waals surface area contributed by atoms with Gasteiger partial charge in [0.05, 0.1) is 33.6 Å². The molecule has 3 aromatic rings. The van der Waals surface area contributed by atoms with Crippen LogP contribution in [0, 0.1) is 0 Å². The zero-order valence-corrected chi connectivity index (χ0v) is 21.9. The third kappa shape index (κ3) is 4.78. The molecule has 7 nitrogen and oxygen atoms in total. The number of hydrogen-bond donors (Lipinski definition) is 4. The monoisotopic (exact) mass is 550 g/mol. The average Bonchev–Trinajstić information content (AvgIpc) is 2.84. The summed E-state index contributed by atoms with van der Waals surface area (Å²) in [4.78, 5) is 26.9. The van der Waals surface area contributed by atoms with Crippen LogP contribution < -0.4 is 27.7 Å². The van der Waals surface area contributed by atoms with Crippen molar-refractivity contribution in [1.29, 1.82) is 0 Å². The van der Waals surface area contributed by atoms with Crippen LogP contribution in [0.2, 0.25) is 0 Å². The van der Waals surface area contributed by atoms with Crippen LogP contribution in [0.3, 0.4) is 0 Å². The van der Waals surface area contributed by atoms with E-state index in [2.05, 4.69) is 28.9 Å². The van der Waals surface area contributed by atoms with Gasteiger partial charge in [-0.15, -0.1) is 0 Å². The minimum absolute atomic E-state index is 0.0124. The molecule has 1 aliphatic rings. The predicted molar refractivity (Wildman–Crippen MR) is 149 cm³/mol. The van der Waals surface area contributed by atoms with Gasteiger partial charge in [-0.25, -0.2) is 0 Å². The molecule has 1 aliphatic carbocycles. The van der Waals surface area contributed by atoms with E-state index in [1.165, 1.54) is 44.2 Å². The van der Waals surface area contributed by atoms with Crippen LogP contribution in [-0.2, 0) is 6.42 Å². The minimum atomic E-state index is -0.511. The smallest absolute Gasteiger partial charge is 0.198 e. The van der Waals surface area contributed by atoms with Crippen LogP contribution in [0.25, 0.3) is 0 Å². The summed E-state index contributed by atoms with van der Waals surface area (Å²) in [6, 6.07) is 10.7. The Morgan fingerprint density at radius 3 is 2.06 bits per heavy atom. The third-order valence-corrected chi connectivity index (χ3v) is 7.22. The van der Waals surface area contributed by atoms with E-state index < -0.39 is 11.6 Å². The number of rotatable bonds is 9. The van der Waals surface area contributed by atoms with Gasteiger partial charge in [0, 0.05) is 21.9 Å². The number of halogens is 1. The Morgan fingerprint density at radius 1 is 0.750 bits per heavy atom. The lowest BCUT2D eigenvalue weighted by Gasteiger charge is -2.24. The van der Waals surface area contributed by atoms with Gasteiger partial charge < -0.3 is 27.7 Å². The van der Waals surface area contributed by atoms with Crippen molar-refractivity contribution < 1.29 is 14.3 Å².